The molecule has 0 atom stereocenters. The Morgan fingerprint density at radius 2 is 2.00 bits per heavy atom. The topological polar surface area (TPSA) is 108 Å². The van der Waals surface area contributed by atoms with Crippen molar-refractivity contribution in [1.82, 2.24) is 15.6 Å². The Balaban J connectivity index is 2.42. The molecule has 1 aromatic rings. The fraction of sp³-hybridized carbons (Fsp3) is 0.200. The Kier molecular flexibility index (Phi) is 4.73. The number of aromatic nitrogens is 1. The molecule has 18 heavy (non-hydrogen) atoms. The summed E-state index contributed by atoms with van der Waals surface area (Å²) >= 11 is 0. The summed E-state index contributed by atoms with van der Waals surface area (Å²) < 4.78 is 12.7. The van der Waals surface area contributed by atoms with Crippen molar-refractivity contribution >= 4 is 17.8 Å². The van der Waals surface area contributed by atoms with Gasteiger partial charge in [-0.2, -0.15) is 4.39 Å². The van der Waals surface area contributed by atoms with Crippen molar-refractivity contribution in [1.29, 1.82) is 0 Å². The molecule has 3 N–H and O–H groups in total. The average Bonchev–Trinajstić information content (AvgIpc) is 2.33. The van der Waals surface area contributed by atoms with Crippen molar-refractivity contribution in [2.75, 3.05) is 13.1 Å². The van der Waals surface area contributed by atoms with Crippen LogP contribution in [-0.4, -0.2) is 41.0 Å². The van der Waals surface area contributed by atoms with Crippen molar-refractivity contribution in [2.24, 2.45) is 0 Å². The maximum atomic E-state index is 12.7. The smallest absolute Gasteiger partial charge is 0.322 e. The van der Waals surface area contributed by atoms with Crippen molar-refractivity contribution < 1.29 is 23.9 Å². The van der Waals surface area contributed by atoms with Crippen LogP contribution in [0.25, 0.3) is 0 Å². The summed E-state index contributed by atoms with van der Waals surface area (Å²) in [7, 11) is 0. The summed E-state index contributed by atoms with van der Waals surface area (Å²) in [6.07, 6.45) is 1.12. The summed E-state index contributed by atoms with van der Waals surface area (Å²) in [6, 6.07) is 2.21. The second-order valence-corrected chi connectivity index (χ2v) is 3.22. The molecule has 0 aliphatic heterocycles. The third kappa shape index (κ3) is 4.56. The van der Waals surface area contributed by atoms with Gasteiger partial charge in [0, 0.05) is 17.8 Å². The highest BCUT2D eigenvalue weighted by atomic mass is 19.1. The van der Waals surface area contributed by atoms with Crippen LogP contribution in [-0.2, 0) is 9.59 Å². The van der Waals surface area contributed by atoms with Crippen molar-refractivity contribution in [3.63, 3.8) is 0 Å². The molecule has 8 heteroatoms. The van der Waals surface area contributed by atoms with Gasteiger partial charge < -0.3 is 15.7 Å². The maximum Gasteiger partial charge on any atom is 0.322 e. The first-order valence-electron chi connectivity index (χ1n) is 4.87. The van der Waals surface area contributed by atoms with E-state index in [1.165, 1.54) is 6.07 Å². The highest BCUT2D eigenvalue weighted by Crippen LogP contribution is 1.99. The molecule has 0 aliphatic rings. The minimum Gasteiger partial charge on any atom is -0.480 e. The number of hydrogen-bond acceptors (Lipinski definition) is 4. The molecular weight excluding hydrogens is 245 g/mol. The molecule has 0 saturated heterocycles. The standard InChI is InChI=1S/C10H10FN3O4/c11-7-3-6(1-2-12-7)10(18)14-4-8(15)13-5-9(16)17/h1-3H,4-5H2,(H,13,15)(H,14,18)(H,16,17). The van der Waals surface area contributed by atoms with E-state index in [2.05, 4.69) is 15.6 Å². The molecule has 1 aromatic heterocycles. The van der Waals surface area contributed by atoms with E-state index in [9.17, 15) is 18.8 Å². The van der Waals surface area contributed by atoms with Gasteiger partial charge in [0.25, 0.3) is 5.91 Å². The Hall–Kier alpha value is -2.51. The van der Waals surface area contributed by atoms with Crippen LogP contribution in [0.5, 0.6) is 0 Å². The fourth-order valence-electron chi connectivity index (χ4n) is 1.04. The fourth-order valence-corrected chi connectivity index (χ4v) is 1.04. The Bertz CT molecular complexity index is 478. The first kappa shape index (κ1) is 13.6. The minimum atomic E-state index is -1.19. The van der Waals surface area contributed by atoms with Crippen LogP contribution in [0.3, 0.4) is 0 Å². The van der Waals surface area contributed by atoms with Crippen molar-refractivity contribution in [3.8, 4) is 0 Å². The first-order chi connectivity index (χ1) is 8.49. The summed E-state index contributed by atoms with van der Waals surface area (Å²) in [6.45, 7) is -0.922. The second-order valence-electron chi connectivity index (χ2n) is 3.22. The number of carbonyl (C=O) groups is 3. The number of nitrogens with zero attached hydrogens (tertiary/aromatic N) is 1. The lowest BCUT2D eigenvalue weighted by molar-refractivity contribution is -0.137. The molecule has 0 radical (unpaired) electrons. The van der Waals surface area contributed by atoms with Gasteiger partial charge in [0.1, 0.15) is 6.54 Å². The summed E-state index contributed by atoms with van der Waals surface area (Å²) in [5.74, 6) is -3.30. The normalized spacial score (nSPS) is 9.61. The van der Waals surface area contributed by atoms with Crippen LogP contribution >= 0.6 is 0 Å². The van der Waals surface area contributed by atoms with Gasteiger partial charge in [-0.15, -0.1) is 0 Å². The molecule has 0 aromatic carbocycles. The van der Waals surface area contributed by atoms with E-state index in [4.69, 9.17) is 5.11 Å². The number of carboxylic acids is 1. The van der Waals surface area contributed by atoms with Gasteiger partial charge >= 0.3 is 5.97 Å². The van der Waals surface area contributed by atoms with Crippen LogP contribution in [0, 0.1) is 5.95 Å². The van der Waals surface area contributed by atoms with Crippen LogP contribution in [0.2, 0.25) is 0 Å². The largest absolute Gasteiger partial charge is 0.480 e. The van der Waals surface area contributed by atoms with E-state index in [1.54, 1.807) is 0 Å². The van der Waals surface area contributed by atoms with E-state index in [0.717, 1.165) is 12.3 Å². The lowest BCUT2D eigenvalue weighted by atomic mass is 10.2. The Morgan fingerprint density at radius 1 is 1.28 bits per heavy atom. The van der Waals surface area contributed by atoms with Crippen LogP contribution in [0.1, 0.15) is 10.4 Å². The molecule has 2 amide bonds. The molecule has 1 rings (SSSR count). The number of pyridine rings is 1. The summed E-state index contributed by atoms with van der Waals surface area (Å²) in [5.41, 5.74) is 0.0218. The number of rotatable bonds is 5. The molecule has 0 fully saturated rings. The number of carbonyl (C=O) groups excluding carboxylic acids is 2. The van der Waals surface area contributed by atoms with Gasteiger partial charge in [0.05, 0.1) is 6.54 Å². The van der Waals surface area contributed by atoms with Gasteiger partial charge in [-0.1, -0.05) is 0 Å². The molecule has 96 valence electrons. The number of halogens is 1. The molecule has 0 aliphatic carbocycles. The SMILES string of the molecule is O=C(O)CNC(=O)CNC(=O)c1ccnc(F)c1. The van der Waals surface area contributed by atoms with E-state index in [1.807, 2.05) is 0 Å². The van der Waals surface area contributed by atoms with E-state index in [0.29, 0.717) is 0 Å². The first-order valence-corrected chi connectivity index (χ1v) is 4.87. The molecule has 0 spiro atoms. The second kappa shape index (κ2) is 6.28. The third-order valence-electron chi connectivity index (χ3n) is 1.84. The highest BCUT2D eigenvalue weighted by Gasteiger charge is 2.09. The van der Waals surface area contributed by atoms with E-state index < -0.39 is 36.8 Å². The number of nitrogens with one attached hydrogen (secondary N) is 2. The van der Waals surface area contributed by atoms with Crippen LogP contribution < -0.4 is 10.6 Å². The lowest BCUT2D eigenvalue weighted by Crippen LogP contribution is -2.39. The number of amides is 2. The molecule has 7 nitrogen and oxygen atoms in total. The summed E-state index contributed by atoms with van der Waals surface area (Å²) in [4.78, 5) is 35.9. The molecule has 0 bridgehead atoms. The van der Waals surface area contributed by atoms with Gasteiger partial charge in [-0.3, -0.25) is 14.4 Å². The molecule has 0 saturated carbocycles. The van der Waals surface area contributed by atoms with Crippen LogP contribution in [0.4, 0.5) is 4.39 Å². The lowest BCUT2D eigenvalue weighted by Gasteiger charge is -2.05. The maximum absolute atomic E-state index is 12.7. The quantitative estimate of drug-likeness (QED) is 0.594. The molecule has 0 unspecified atom stereocenters. The summed E-state index contributed by atoms with van der Waals surface area (Å²) in [5, 5.41) is 12.6. The predicted molar refractivity (Wildman–Crippen MR) is 57.2 cm³/mol. The van der Waals surface area contributed by atoms with E-state index in [-0.39, 0.29) is 5.56 Å². The average molecular weight is 255 g/mol. The van der Waals surface area contributed by atoms with Gasteiger partial charge in [0.2, 0.25) is 11.9 Å². The monoisotopic (exact) mass is 255 g/mol. The predicted octanol–water partition coefficient (Wildman–Crippen LogP) is -0.849. The third-order valence-corrected chi connectivity index (χ3v) is 1.84. The Morgan fingerprint density at radius 3 is 2.61 bits per heavy atom. The molecule has 1 heterocycles. The minimum absolute atomic E-state index is 0.0218. The van der Waals surface area contributed by atoms with Crippen molar-refractivity contribution in [2.45, 2.75) is 0 Å². The van der Waals surface area contributed by atoms with Gasteiger partial charge in [-0.05, 0) is 6.07 Å². The van der Waals surface area contributed by atoms with Crippen molar-refractivity contribution in [3.05, 3.63) is 29.8 Å². The van der Waals surface area contributed by atoms with Gasteiger partial charge in [0.15, 0.2) is 0 Å². The zero-order valence-electron chi connectivity index (χ0n) is 9.14. The number of aliphatic carboxylic acids is 1. The number of hydrogen-bond donors (Lipinski definition) is 3. The molecular formula is C10H10FN3O4. The van der Waals surface area contributed by atoms with E-state index >= 15 is 0 Å². The van der Waals surface area contributed by atoms with Crippen LogP contribution in [0.15, 0.2) is 18.3 Å². The zero-order valence-corrected chi connectivity index (χ0v) is 9.14. The zero-order chi connectivity index (χ0) is 13.5. The Labute approximate surface area is 101 Å². The van der Waals surface area contributed by atoms with Gasteiger partial charge in [-0.25, -0.2) is 4.98 Å². The number of carboxylic acid groups (broad SMARTS) is 1. The highest BCUT2D eigenvalue weighted by molar-refractivity contribution is 5.96.